The average molecular weight is 330 g/mol. The van der Waals surface area contributed by atoms with Crippen LogP contribution in [0.4, 0.5) is 15.8 Å². The first-order valence-corrected chi connectivity index (χ1v) is 7.85. The highest BCUT2D eigenvalue weighted by Crippen LogP contribution is 2.36. The van der Waals surface area contributed by atoms with Crippen molar-refractivity contribution >= 4 is 11.4 Å². The van der Waals surface area contributed by atoms with Crippen LogP contribution in [0, 0.1) is 22.9 Å². The number of hydrogen-bond donors (Lipinski definition) is 0. The molecule has 3 rings (SSSR count). The number of morpholine rings is 1. The highest BCUT2D eigenvalue weighted by molar-refractivity contribution is 5.68. The summed E-state index contributed by atoms with van der Waals surface area (Å²) in [5.41, 5.74) is 2.45. The van der Waals surface area contributed by atoms with Crippen molar-refractivity contribution in [1.29, 1.82) is 0 Å². The molecular weight excluding hydrogens is 311 g/mol. The molecule has 0 bridgehead atoms. The molecule has 1 aliphatic heterocycles. The van der Waals surface area contributed by atoms with E-state index in [9.17, 15) is 14.5 Å². The molecule has 5 nitrogen and oxygen atoms in total. The van der Waals surface area contributed by atoms with Crippen LogP contribution in [0.5, 0.6) is 0 Å². The number of halogens is 1. The molecule has 0 amide bonds. The molecule has 0 aromatic heterocycles. The Morgan fingerprint density at radius 1 is 1.21 bits per heavy atom. The van der Waals surface area contributed by atoms with Gasteiger partial charge in [-0.15, -0.1) is 0 Å². The summed E-state index contributed by atoms with van der Waals surface area (Å²) in [6.45, 7) is 4.87. The van der Waals surface area contributed by atoms with Crippen LogP contribution < -0.4 is 4.90 Å². The summed E-state index contributed by atoms with van der Waals surface area (Å²) in [6.07, 6.45) is -0.346. The maximum absolute atomic E-state index is 13.1. The number of aryl methyl sites for hydroxylation is 1. The molecule has 1 heterocycles. The Morgan fingerprint density at radius 3 is 2.58 bits per heavy atom. The Bertz CT molecular complexity index is 748. The van der Waals surface area contributed by atoms with Gasteiger partial charge in [0.1, 0.15) is 17.6 Å². The Hall–Kier alpha value is -2.47. The first-order chi connectivity index (χ1) is 11.5. The van der Waals surface area contributed by atoms with E-state index in [1.165, 1.54) is 18.2 Å². The molecule has 2 aromatic carbocycles. The molecule has 24 heavy (non-hydrogen) atoms. The van der Waals surface area contributed by atoms with Crippen LogP contribution in [-0.2, 0) is 4.74 Å². The van der Waals surface area contributed by atoms with E-state index in [0.29, 0.717) is 18.8 Å². The van der Waals surface area contributed by atoms with Crippen LogP contribution in [0.2, 0.25) is 0 Å². The zero-order valence-electron chi connectivity index (χ0n) is 13.6. The summed E-state index contributed by atoms with van der Waals surface area (Å²) < 4.78 is 19.1. The van der Waals surface area contributed by atoms with Crippen LogP contribution in [0.1, 0.15) is 24.2 Å². The van der Waals surface area contributed by atoms with Gasteiger partial charge in [-0.25, -0.2) is 4.39 Å². The Balaban J connectivity index is 1.94. The highest BCUT2D eigenvalue weighted by atomic mass is 19.1. The third kappa shape index (κ3) is 3.23. The van der Waals surface area contributed by atoms with Gasteiger partial charge in [-0.2, -0.15) is 0 Å². The van der Waals surface area contributed by atoms with Gasteiger partial charge in [-0.1, -0.05) is 24.3 Å². The monoisotopic (exact) mass is 330 g/mol. The fraction of sp³-hybridized carbons (Fsp3) is 0.333. The summed E-state index contributed by atoms with van der Waals surface area (Å²) in [4.78, 5) is 13.0. The fourth-order valence-electron chi connectivity index (χ4n) is 3.20. The number of hydrogen-bond acceptors (Lipinski definition) is 4. The molecule has 1 fully saturated rings. The van der Waals surface area contributed by atoms with Gasteiger partial charge in [0.15, 0.2) is 0 Å². The van der Waals surface area contributed by atoms with E-state index in [0.717, 1.165) is 11.1 Å². The fourth-order valence-corrected chi connectivity index (χ4v) is 3.20. The molecule has 0 N–H and O–H groups in total. The maximum Gasteiger partial charge on any atom is 0.292 e. The second-order valence-corrected chi connectivity index (χ2v) is 6.09. The third-order valence-electron chi connectivity index (χ3n) is 4.23. The summed E-state index contributed by atoms with van der Waals surface area (Å²) in [5.74, 6) is -0.297. The molecule has 0 spiro atoms. The molecular formula is C18H19FN2O3. The second kappa shape index (κ2) is 6.57. The zero-order valence-corrected chi connectivity index (χ0v) is 13.6. The van der Waals surface area contributed by atoms with Gasteiger partial charge in [-0.05, 0) is 37.1 Å². The average Bonchev–Trinajstić information content (AvgIpc) is 2.54. The summed E-state index contributed by atoms with van der Waals surface area (Å²) >= 11 is 0. The SMILES string of the molecule is Cc1cccc([N+](=O)[O-])c1N1CC(C)OC(c2ccc(F)cc2)C1. The topological polar surface area (TPSA) is 55.6 Å². The Labute approximate surface area is 139 Å². The molecule has 126 valence electrons. The number of ether oxygens (including phenoxy) is 1. The minimum Gasteiger partial charge on any atom is -0.367 e. The van der Waals surface area contributed by atoms with Gasteiger partial charge in [0.2, 0.25) is 0 Å². The van der Waals surface area contributed by atoms with E-state index in [4.69, 9.17) is 4.74 Å². The van der Waals surface area contributed by atoms with E-state index in [2.05, 4.69) is 0 Å². The number of benzene rings is 2. The van der Waals surface area contributed by atoms with E-state index in [1.807, 2.05) is 24.8 Å². The zero-order chi connectivity index (χ0) is 17.3. The van der Waals surface area contributed by atoms with Gasteiger partial charge >= 0.3 is 0 Å². The quantitative estimate of drug-likeness (QED) is 0.630. The van der Waals surface area contributed by atoms with Crippen LogP contribution in [-0.4, -0.2) is 24.1 Å². The Kier molecular flexibility index (Phi) is 4.49. The molecule has 1 aliphatic rings. The molecule has 6 heteroatoms. The lowest BCUT2D eigenvalue weighted by Crippen LogP contribution is -2.43. The molecule has 1 saturated heterocycles. The normalized spacial score (nSPS) is 20.9. The standard InChI is InChI=1S/C18H19FN2O3/c1-12-4-3-5-16(21(22)23)18(12)20-10-13(2)24-17(11-20)14-6-8-15(19)9-7-14/h3-9,13,17H,10-11H2,1-2H3. The van der Waals surface area contributed by atoms with Crippen molar-refractivity contribution in [2.75, 3.05) is 18.0 Å². The van der Waals surface area contributed by atoms with Gasteiger partial charge < -0.3 is 9.64 Å². The summed E-state index contributed by atoms with van der Waals surface area (Å²) in [6, 6.07) is 11.3. The number of anilines is 1. The first-order valence-electron chi connectivity index (χ1n) is 7.85. The van der Waals surface area contributed by atoms with Crippen molar-refractivity contribution < 1.29 is 14.1 Å². The third-order valence-corrected chi connectivity index (χ3v) is 4.23. The van der Waals surface area contributed by atoms with Crippen LogP contribution >= 0.6 is 0 Å². The van der Waals surface area contributed by atoms with Crippen molar-refractivity contribution in [2.45, 2.75) is 26.1 Å². The number of nitrogens with zero attached hydrogens (tertiary/aromatic N) is 2. The number of rotatable bonds is 3. The lowest BCUT2D eigenvalue weighted by molar-refractivity contribution is -0.384. The lowest BCUT2D eigenvalue weighted by Gasteiger charge is -2.38. The highest BCUT2D eigenvalue weighted by Gasteiger charge is 2.31. The number of nitro benzene ring substituents is 1. The maximum atomic E-state index is 13.1. The molecule has 0 saturated carbocycles. The summed E-state index contributed by atoms with van der Waals surface area (Å²) in [5, 5.41) is 11.4. The van der Waals surface area contributed by atoms with Gasteiger partial charge in [0, 0.05) is 19.2 Å². The predicted molar refractivity (Wildman–Crippen MR) is 89.7 cm³/mol. The molecule has 2 unspecified atom stereocenters. The van der Waals surface area contributed by atoms with Crippen LogP contribution in [0.25, 0.3) is 0 Å². The predicted octanol–water partition coefficient (Wildman–Crippen LogP) is 4.01. The summed E-state index contributed by atoms with van der Waals surface area (Å²) in [7, 11) is 0. The second-order valence-electron chi connectivity index (χ2n) is 6.09. The number of para-hydroxylation sites is 1. The molecule has 0 aliphatic carbocycles. The van der Waals surface area contributed by atoms with Gasteiger partial charge in [-0.3, -0.25) is 10.1 Å². The smallest absolute Gasteiger partial charge is 0.292 e. The van der Waals surface area contributed by atoms with Crippen molar-refractivity contribution in [3.8, 4) is 0 Å². The largest absolute Gasteiger partial charge is 0.367 e. The van der Waals surface area contributed by atoms with Crippen LogP contribution in [0.3, 0.4) is 0 Å². The molecule has 0 radical (unpaired) electrons. The number of nitro groups is 1. The van der Waals surface area contributed by atoms with E-state index in [-0.39, 0.29) is 28.6 Å². The van der Waals surface area contributed by atoms with E-state index in [1.54, 1.807) is 18.2 Å². The molecule has 2 atom stereocenters. The lowest BCUT2D eigenvalue weighted by atomic mass is 10.0. The van der Waals surface area contributed by atoms with Crippen LogP contribution in [0.15, 0.2) is 42.5 Å². The minimum atomic E-state index is -0.352. The Morgan fingerprint density at radius 2 is 1.92 bits per heavy atom. The van der Waals surface area contributed by atoms with Gasteiger partial charge in [0.05, 0.1) is 11.0 Å². The van der Waals surface area contributed by atoms with E-state index < -0.39 is 0 Å². The van der Waals surface area contributed by atoms with Crippen molar-refractivity contribution in [2.24, 2.45) is 0 Å². The van der Waals surface area contributed by atoms with Gasteiger partial charge in [0.25, 0.3) is 5.69 Å². The van der Waals surface area contributed by atoms with Crippen molar-refractivity contribution in [3.05, 3.63) is 69.5 Å². The van der Waals surface area contributed by atoms with E-state index >= 15 is 0 Å². The molecule has 2 aromatic rings. The van der Waals surface area contributed by atoms with Crippen molar-refractivity contribution in [1.82, 2.24) is 0 Å². The first kappa shape index (κ1) is 16.4. The van der Waals surface area contributed by atoms with Crippen molar-refractivity contribution in [3.63, 3.8) is 0 Å². The minimum absolute atomic E-state index is 0.0898.